The first-order valence-electron chi connectivity index (χ1n) is 5.77. The standard InChI is InChI=1S/C11H20N2O/c12-7-10-6-11(14)13(8-10)5-1-2-9-3-4-9/h9-10H,1-8,12H2. The van der Waals surface area contributed by atoms with Gasteiger partial charge in [0.2, 0.25) is 5.91 Å². The second kappa shape index (κ2) is 4.30. The average molecular weight is 196 g/mol. The van der Waals surface area contributed by atoms with E-state index >= 15 is 0 Å². The van der Waals surface area contributed by atoms with Crippen LogP contribution >= 0.6 is 0 Å². The number of nitrogens with zero attached hydrogens (tertiary/aromatic N) is 1. The summed E-state index contributed by atoms with van der Waals surface area (Å²) in [5.41, 5.74) is 5.57. The molecule has 1 aliphatic heterocycles. The summed E-state index contributed by atoms with van der Waals surface area (Å²) < 4.78 is 0. The topological polar surface area (TPSA) is 46.3 Å². The Morgan fingerprint density at radius 3 is 2.71 bits per heavy atom. The van der Waals surface area contributed by atoms with E-state index in [0.29, 0.717) is 24.8 Å². The van der Waals surface area contributed by atoms with Crippen molar-refractivity contribution in [3.8, 4) is 0 Å². The Morgan fingerprint density at radius 2 is 2.14 bits per heavy atom. The molecule has 0 spiro atoms. The van der Waals surface area contributed by atoms with Gasteiger partial charge in [-0.3, -0.25) is 4.79 Å². The van der Waals surface area contributed by atoms with Gasteiger partial charge < -0.3 is 10.6 Å². The number of likely N-dealkylation sites (tertiary alicyclic amines) is 1. The molecule has 0 bridgehead atoms. The van der Waals surface area contributed by atoms with Crippen LogP contribution in [0.3, 0.4) is 0 Å². The second-order valence-electron chi connectivity index (χ2n) is 4.73. The highest BCUT2D eigenvalue weighted by molar-refractivity contribution is 5.78. The van der Waals surface area contributed by atoms with Crippen LogP contribution in [0.4, 0.5) is 0 Å². The molecule has 3 nitrogen and oxygen atoms in total. The molecule has 2 rings (SSSR count). The van der Waals surface area contributed by atoms with Gasteiger partial charge in [-0.25, -0.2) is 0 Å². The fraction of sp³-hybridized carbons (Fsp3) is 0.909. The number of carbonyl (C=O) groups excluding carboxylic acids is 1. The van der Waals surface area contributed by atoms with Gasteiger partial charge in [0.25, 0.3) is 0 Å². The predicted molar refractivity (Wildman–Crippen MR) is 55.7 cm³/mol. The van der Waals surface area contributed by atoms with Crippen LogP contribution in [0.2, 0.25) is 0 Å². The molecule has 0 aromatic rings. The molecule has 2 aliphatic rings. The van der Waals surface area contributed by atoms with E-state index in [2.05, 4.69) is 0 Å². The number of rotatable bonds is 5. The lowest BCUT2D eigenvalue weighted by Crippen LogP contribution is -2.27. The van der Waals surface area contributed by atoms with E-state index in [1.54, 1.807) is 0 Å². The SMILES string of the molecule is NCC1CC(=O)N(CCCC2CC2)C1. The predicted octanol–water partition coefficient (Wildman–Crippen LogP) is 0.984. The molecule has 1 heterocycles. The zero-order chi connectivity index (χ0) is 9.97. The number of hydrogen-bond acceptors (Lipinski definition) is 2. The molecule has 1 atom stereocenters. The molecule has 1 aliphatic carbocycles. The summed E-state index contributed by atoms with van der Waals surface area (Å²) in [4.78, 5) is 13.5. The lowest BCUT2D eigenvalue weighted by molar-refractivity contribution is -0.127. The zero-order valence-corrected chi connectivity index (χ0v) is 8.74. The average Bonchev–Trinajstić information content (AvgIpc) is 2.92. The van der Waals surface area contributed by atoms with Gasteiger partial charge in [-0.15, -0.1) is 0 Å². The number of carbonyl (C=O) groups is 1. The van der Waals surface area contributed by atoms with Gasteiger partial charge in [0, 0.05) is 19.5 Å². The van der Waals surface area contributed by atoms with E-state index in [1.807, 2.05) is 4.90 Å². The zero-order valence-electron chi connectivity index (χ0n) is 8.74. The minimum Gasteiger partial charge on any atom is -0.342 e. The van der Waals surface area contributed by atoms with Crippen molar-refractivity contribution in [3.05, 3.63) is 0 Å². The first-order chi connectivity index (χ1) is 6.79. The molecule has 80 valence electrons. The van der Waals surface area contributed by atoms with Gasteiger partial charge in [-0.2, -0.15) is 0 Å². The third kappa shape index (κ3) is 2.47. The third-order valence-electron chi connectivity index (χ3n) is 3.37. The Morgan fingerprint density at radius 1 is 1.36 bits per heavy atom. The molecule has 0 aromatic carbocycles. The summed E-state index contributed by atoms with van der Waals surface area (Å²) in [5.74, 6) is 1.72. The van der Waals surface area contributed by atoms with Crippen LogP contribution in [0.5, 0.6) is 0 Å². The maximum Gasteiger partial charge on any atom is 0.222 e. The number of nitrogens with two attached hydrogens (primary N) is 1. The summed E-state index contributed by atoms with van der Waals surface area (Å²) in [6, 6.07) is 0. The molecular formula is C11H20N2O. The van der Waals surface area contributed by atoms with Crippen LogP contribution < -0.4 is 5.73 Å². The van der Waals surface area contributed by atoms with E-state index in [4.69, 9.17) is 5.73 Å². The van der Waals surface area contributed by atoms with E-state index in [9.17, 15) is 4.79 Å². The first-order valence-corrected chi connectivity index (χ1v) is 5.77. The first kappa shape index (κ1) is 9.97. The van der Waals surface area contributed by atoms with Gasteiger partial charge in [-0.05, 0) is 31.2 Å². The molecular weight excluding hydrogens is 176 g/mol. The van der Waals surface area contributed by atoms with Gasteiger partial charge in [-0.1, -0.05) is 12.8 Å². The molecule has 3 heteroatoms. The van der Waals surface area contributed by atoms with Gasteiger partial charge in [0.05, 0.1) is 0 Å². The van der Waals surface area contributed by atoms with Crippen LogP contribution in [-0.2, 0) is 4.79 Å². The Hall–Kier alpha value is -0.570. The van der Waals surface area contributed by atoms with Crippen molar-refractivity contribution in [2.45, 2.75) is 32.1 Å². The van der Waals surface area contributed by atoms with E-state index in [1.165, 1.54) is 25.7 Å². The number of amides is 1. The molecule has 1 saturated heterocycles. The Balaban J connectivity index is 1.66. The fourth-order valence-corrected chi connectivity index (χ4v) is 2.21. The molecule has 2 fully saturated rings. The maximum atomic E-state index is 11.5. The summed E-state index contributed by atoms with van der Waals surface area (Å²) >= 11 is 0. The summed E-state index contributed by atoms with van der Waals surface area (Å²) in [7, 11) is 0. The Kier molecular flexibility index (Phi) is 3.06. The van der Waals surface area contributed by atoms with E-state index < -0.39 is 0 Å². The van der Waals surface area contributed by atoms with Crippen molar-refractivity contribution in [2.75, 3.05) is 19.6 Å². The largest absolute Gasteiger partial charge is 0.342 e. The highest BCUT2D eigenvalue weighted by atomic mass is 16.2. The second-order valence-corrected chi connectivity index (χ2v) is 4.73. The van der Waals surface area contributed by atoms with E-state index in [-0.39, 0.29) is 0 Å². The normalized spacial score (nSPS) is 27.4. The van der Waals surface area contributed by atoms with Crippen molar-refractivity contribution in [1.82, 2.24) is 4.90 Å². The van der Waals surface area contributed by atoms with Crippen molar-refractivity contribution >= 4 is 5.91 Å². The van der Waals surface area contributed by atoms with Crippen molar-refractivity contribution < 1.29 is 4.79 Å². The van der Waals surface area contributed by atoms with Crippen molar-refractivity contribution in [1.29, 1.82) is 0 Å². The summed E-state index contributed by atoms with van der Waals surface area (Å²) in [6.45, 7) is 2.52. The molecule has 1 unspecified atom stereocenters. The minimum atomic E-state index is 0.316. The van der Waals surface area contributed by atoms with Crippen LogP contribution in [0, 0.1) is 11.8 Å². The summed E-state index contributed by atoms with van der Waals surface area (Å²) in [5, 5.41) is 0. The van der Waals surface area contributed by atoms with E-state index in [0.717, 1.165) is 19.0 Å². The number of hydrogen-bond donors (Lipinski definition) is 1. The van der Waals surface area contributed by atoms with Crippen LogP contribution in [0.15, 0.2) is 0 Å². The molecule has 2 N–H and O–H groups in total. The van der Waals surface area contributed by atoms with Crippen LogP contribution in [0.1, 0.15) is 32.1 Å². The van der Waals surface area contributed by atoms with Gasteiger partial charge >= 0.3 is 0 Å². The maximum absolute atomic E-state index is 11.5. The third-order valence-corrected chi connectivity index (χ3v) is 3.37. The Bertz CT molecular complexity index is 213. The Labute approximate surface area is 85.6 Å². The molecule has 14 heavy (non-hydrogen) atoms. The molecule has 1 amide bonds. The lowest BCUT2D eigenvalue weighted by Gasteiger charge is -2.15. The molecule has 0 aromatic heterocycles. The highest BCUT2D eigenvalue weighted by Gasteiger charge is 2.28. The quantitative estimate of drug-likeness (QED) is 0.712. The van der Waals surface area contributed by atoms with Crippen LogP contribution in [-0.4, -0.2) is 30.4 Å². The monoisotopic (exact) mass is 196 g/mol. The van der Waals surface area contributed by atoms with Crippen LogP contribution in [0.25, 0.3) is 0 Å². The smallest absolute Gasteiger partial charge is 0.222 e. The summed E-state index contributed by atoms with van der Waals surface area (Å²) in [6.07, 6.45) is 6.02. The van der Waals surface area contributed by atoms with Crippen molar-refractivity contribution in [3.63, 3.8) is 0 Å². The molecule has 1 saturated carbocycles. The lowest BCUT2D eigenvalue weighted by atomic mass is 10.1. The highest BCUT2D eigenvalue weighted by Crippen LogP contribution is 2.33. The van der Waals surface area contributed by atoms with Gasteiger partial charge in [0.15, 0.2) is 0 Å². The fourth-order valence-electron chi connectivity index (χ4n) is 2.21. The van der Waals surface area contributed by atoms with Crippen molar-refractivity contribution in [2.24, 2.45) is 17.6 Å². The van der Waals surface area contributed by atoms with Gasteiger partial charge in [0.1, 0.15) is 0 Å². The minimum absolute atomic E-state index is 0.316. The molecule has 0 radical (unpaired) electrons.